The first-order chi connectivity index (χ1) is 8.13. The smallest absolute Gasteiger partial charge is 0.138 e. The molecule has 0 saturated carbocycles. The summed E-state index contributed by atoms with van der Waals surface area (Å²) in [6, 6.07) is 5.87. The maximum absolute atomic E-state index is 6.11. The number of aryl methyl sites for hydroxylation is 1. The molecule has 0 amide bonds. The third kappa shape index (κ3) is 5.42. The predicted octanol–water partition coefficient (Wildman–Crippen LogP) is 3.81. The minimum atomic E-state index is 0.132. The third-order valence-electron chi connectivity index (χ3n) is 2.55. The fourth-order valence-electron chi connectivity index (χ4n) is 1.57. The van der Waals surface area contributed by atoms with Crippen molar-refractivity contribution in [2.24, 2.45) is 0 Å². The zero-order valence-corrected chi connectivity index (χ0v) is 11.7. The topological polar surface area (TPSA) is 21.3 Å². The molecule has 1 atom stereocenters. The Kier molecular flexibility index (Phi) is 6.38. The highest BCUT2D eigenvalue weighted by Gasteiger charge is 2.06. The van der Waals surface area contributed by atoms with Crippen LogP contribution in [0, 0.1) is 6.92 Å². The summed E-state index contributed by atoms with van der Waals surface area (Å²) >= 11 is 6.11. The van der Waals surface area contributed by atoms with Crippen molar-refractivity contribution in [3.05, 3.63) is 28.8 Å². The monoisotopic (exact) mass is 255 g/mol. The predicted molar refractivity (Wildman–Crippen MR) is 74.1 cm³/mol. The molecular formula is C14H22ClNO. The molecule has 1 N–H and O–H groups in total. The first-order valence-electron chi connectivity index (χ1n) is 6.27. The van der Waals surface area contributed by atoms with Gasteiger partial charge in [-0.15, -0.1) is 0 Å². The molecule has 3 heteroatoms. The Bertz CT molecular complexity index is 341. The molecule has 0 aliphatic heterocycles. The molecule has 0 fully saturated rings. The molecule has 1 aromatic rings. The fraction of sp³-hybridized carbons (Fsp3) is 0.571. The molecule has 1 aromatic carbocycles. The van der Waals surface area contributed by atoms with Gasteiger partial charge in [-0.05, 0) is 44.5 Å². The average Bonchev–Trinajstić information content (AvgIpc) is 2.28. The van der Waals surface area contributed by atoms with E-state index in [2.05, 4.69) is 19.2 Å². The highest BCUT2D eigenvalue weighted by molar-refractivity contribution is 6.32. The second-order valence-electron chi connectivity index (χ2n) is 4.42. The summed E-state index contributed by atoms with van der Waals surface area (Å²) in [5, 5.41) is 4.05. The number of nitrogens with one attached hydrogen (secondary N) is 1. The van der Waals surface area contributed by atoms with Crippen LogP contribution in [-0.4, -0.2) is 19.2 Å². The van der Waals surface area contributed by atoms with E-state index in [9.17, 15) is 0 Å². The molecule has 0 aliphatic rings. The molecule has 2 nitrogen and oxygen atoms in total. The summed E-state index contributed by atoms with van der Waals surface area (Å²) in [4.78, 5) is 0. The molecule has 0 heterocycles. The van der Waals surface area contributed by atoms with Crippen LogP contribution in [0.5, 0.6) is 5.75 Å². The summed E-state index contributed by atoms with van der Waals surface area (Å²) in [5.74, 6) is 0.766. The van der Waals surface area contributed by atoms with Gasteiger partial charge in [0.25, 0.3) is 0 Å². The van der Waals surface area contributed by atoms with Crippen LogP contribution >= 0.6 is 11.6 Å². The van der Waals surface area contributed by atoms with Crippen molar-refractivity contribution in [2.75, 3.05) is 13.1 Å². The fourth-order valence-corrected chi connectivity index (χ4v) is 1.85. The van der Waals surface area contributed by atoms with Gasteiger partial charge in [0.05, 0.1) is 5.02 Å². The Morgan fingerprint density at radius 2 is 2.18 bits per heavy atom. The Morgan fingerprint density at radius 1 is 1.41 bits per heavy atom. The number of hydrogen-bond acceptors (Lipinski definition) is 2. The lowest BCUT2D eigenvalue weighted by Gasteiger charge is -2.16. The average molecular weight is 256 g/mol. The summed E-state index contributed by atoms with van der Waals surface area (Å²) in [6.45, 7) is 8.16. The third-order valence-corrected chi connectivity index (χ3v) is 2.85. The minimum Gasteiger partial charge on any atom is -0.488 e. The van der Waals surface area contributed by atoms with Crippen molar-refractivity contribution in [1.82, 2.24) is 5.32 Å². The van der Waals surface area contributed by atoms with Gasteiger partial charge in [0.2, 0.25) is 0 Å². The van der Waals surface area contributed by atoms with Gasteiger partial charge < -0.3 is 10.1 Å². The van der Waals surface area contributed by atoms with Crippen LogP contribution < -0.4 is 10.1 Å². The molecule has 0 radical (unpaired) electrons. The second kappa shape index (κ2) is 7.57. The number of ether oxygens (including phenoxy) is 1. The van der Waals surface area contributed by atoms with Crippen LogP contribution in [0.3, 0.4) is 0 Å². The lowest BCUT2D eigenvalue weighted by molar-refractivity contribution is 0.217. The van der Waals surface area contributed by atoms with E-state index in [1.54, 1.807) is 0 Å². The van der Waals surface area contributed by atoms with Crippen LogP contribution in [0.4, 0.5) is 0 Å². The quantitative estimate of drug-likeness (QED) is 0.749. The van der Waals surface area contributed by atoms with Crippen LogP contribution in [0.1, 0.15) is 32.3 Å². The first-order valence-corrected chi connectivity index (χ1v) is 6.64. The van der Waals surface area contributed by atoms with Gasteiger partial charge in [-0.2, -0.15) is 0 Å². The minimum absolute atomic E-state index is 0.132. The lowest BCUT2D eigenvalue weighted by Crippen LogP contribution is -2.29. The van der Waals surface area contributed by atoms with Gasteiger partial charge in [0, 0.05) is 6.54 Å². The Morgan fingerprint density at radius 3 is 2.82 bits per heavy atom. The van der Waals surface area contributed by atoms with Crippen molar-refractivity contribution in [1.29, 1.82) is 0 Å². The zero-order chi connectivity index (χ0) is 12.7. The Balaban J connectivity index is 2.37. The molecule has 1 unspecified atom stereocenters. The SMILES string of the molecule is CCCCNCC(C)Oc1ccc(C)cc1Cl. The van der Waals surface area contributed by atoms with E-state index >= 15 is 0 Å². The van der Waals surface area contributed by atoms with Crippen molar-refractivity contribution >= 4 is 11.6 Å². The summed E-state index contributed by atoms with van der Waals surface area (Å²) in [6.07, 6.45) is 2.55. The van der Waals surface area contributed by atoms with E-state index < -0.39 is 0 Å². The van der Waals surface area contributed by atoms with Crippen LogP contribution in [0.25, 0.3) is 0 Å². The summed E-state index contributed by atoms with van der Waals surface area (Å²) < 4.78 is 5.79. The van der Waals surface area contributed by atoms with Crippen LogP contribution in [0.15, 0.2) is 18.2 Å². The zero-order valence-electron chi connectivity index (χ0n) is 10.9. The summed E-state index contributed by atoms with van der Waals surface area (Å²) in [5.41, 5.74) is 1.15. The van der Waals surface area contributed by atoms with E-state index in [0.29, 0.717) is 5.02 Å². The maximum atomic E-state index is 6.11. The molecule has 17 heavy (non-hydrogen) atoms. The van der Waals surface area contributed by atoms with Gasteiger partial charge in [0.1, 0.15) is 11.9 Å². The number of rotatable bonds is 7. The highest BCUT2D eigenvalue weighted by Crippen LogP contribution is 2.25. The number of hydrogen-bond donors (Lipinski definition) is 1. The summed E-state index contributed by atoms with van der Waals surface area (Å²) in [7, 11) is 0. The normalized spacial score (nSPS) is 12.5. The van der Waals surface area contributed by atoms with Crippen LogP contribution in [0.2, 0.25) is 5.02 Å². The molecule has 0 aliphatic carbocycles. The van der Waals surface area contributed by atoms with Gasteiger partial charge in [0.15, 0.2) is 0 Å². The number of halogens is 1. The van der Waals surface area contributed by atoms with Gasteiger partial charge in [-0.3, -0.25) is 0 Å². The Hall–Kier alpha value is -0.730. The Labute approximate surface area is 109 Å². The molecular weight excluding hydrogens is 234 g/mol. The van der Waals surface area contributed by atoms with E-state index in [-0.39, 0.29) is 6.10 Å². The largest absolute Gasteiger partial charge is 0.488 e. The van der Waals surface area contributed by atoms with E-state index in [1.807, 2.05) is 25.1 Å². The number of unbranched alkanes of at least 4 members (excludes halogenated alkanes) is 1. The van der Waals surface area contributed by atoms with Crippen molar-refractivity contribution < 1.29 is 4.74 Å². The molecule has 96 valence electrons. The second-order valence-corrected chi connectivity index (χ2v) is 4.83. The molecule has 1 rings (SSSR count). The van der Waals surface area contributed by atoms with E-state index in [4.69, 9.17) is 16.3 Å². The van der Waals surface area contributed by atoms with Gasteiger partial charge >= 0.3 is 0 Å². The molecule has 0 saturated heterocycles. The van der Waals surface area contributed by atoms with Crippen LogP contribution in [-0.2, 0) is 0 Å². The van der Waals surface area contributed by atoms with Gasteiger partial charge in [-0.25, -0.2) is 0 Å². The first kappa shape index (κ1) is 14.3. The lowest BCUT2D eigenvalue weighted by atomic mass is 10.2. The van der Waals surface area contributed by atoms with Crippen molar-refractivity contribution in [3.63, 3.8) is 0 Å². The van der Waals surface area contributed by atoms with Crippen molar-refractivity contribution in [3.8, 4) is 5.75 Å². The van der Waals surface area contributed by atoms with Crippen molar-refractivity contribution in [2.45, 2.75) is 39.7 Å². The molecule has 0 aromatic heterocycles. The van der Waals surface area contributed by atoms with E-state index in [1.165, 1.54) is 12.8 Å². The maximum Gasteiger partial charge on any atom is 0.138 e. The standard InChI is InChI=1S/C14H22ClNO/c1-4-5-8-16-10-12(3)17-14-7-6-11(2)9-13(14)15/h6-7,9,12,16H,4-5,8,10H2,1-3H3. The molecule has 0 bridgehead atoms. The van der Waals surface area contributed by atoms with Gasteiger partial charge in [-0.1, -0.05) is 31.0 Å². The number of benzene rings is 1. The highest BCUT2D eigenvalue weighted by atomic mass is 35.5. The van der Waals surface area contributed by atoms with E-state index in [0.717, 1.165) is 24.4 Å². The molecule has 0 spiro atoms.